The van der Waals surface area contributed by atoms with E-state index < -0.39 is 40.6 Å². The highest BCUT2D eigenvalue weighted by Crippen LogP contribution is 2.32. The van der Waals surface area contributed by atoms with Gasteiger partial charge in [-0.05, 0) is 35.4 Å². The summed E-state index contributed by atoms with van der Waals surface area (Å²) in [6, 6.07) is 23.7. The minimum Gasteiger partial charge on any atom is -0.488 e. The molecule has 4 aromatic rings. The van der Waals surface area contributed by atoms with Gasteiger partial charge in [0.05, 0.1) is 22.4 Å². The minimum atomic E-state index is -1.45. The number of carboxylic acid groups (broad SMARTS) is 3. The van der Waals surface area contributed by atoms with Crippen LogP contribution >= 0.6 is 0 Å². The third-order valence-corrected chi connectivity index (χ3v) is 5.79. The van der Waals surface area contributed by atoms with Gasteiger partial charge >= 0.3 is 17.9 Å². The molecule has 4 aromatic carbocycles. The van der Waals surface area contributed by atoms with Gasteiger partial charge in [0.25, 0.3) is 5.91 Å². The number of anilines is 1. The lowest BCUT2D eigenvalue weighted by Crippen LogP contribution is -2.19. The molecule has 0 saturated heterocycles. The average molecular weight is 560 g/mol. The zero-order chi connectivity index (χ0) is 28.6. The quantitative estimate of drug-likeness (QED) is 0.207. The molecule has 0 aliphatic rings. The van der Waals surface area contributed by atoms with E-state index in [0.29, 0.717) is 0 Å². The molecule has 0 bridgehead atoms. The number of amides is 1. The molecule has 0 aliphatic carbocycles. The highest BCUT2D eigenvalue weighted by molar-refractivity contribution is 6.13. The van der Waals surface area contributed by atoms with E-state index in [4.69, 9.17) is 9.47 Å². The molecular formula is C30H25NO10. The number of ether oxygens (including phenoxy) is 2. The van der Waals surface area contributed by atoms with E-state index in [1.165, 1.54) is 12.1 Å². The van der Waals surface area contributed by atoms with E-state index in [9.17, 15) is 34.5 Å². The van der Waals surface area contributed by atoms with E-state index in [-0.39, 0.29) is 41.3 Å². The molecular weight excluding hydrogens is 534 g/mol. The summed E-state index contributed by atoms with van der Waals surface area (Å²) in [4.78, 5) is 49.2. The van der Waals surface area contributed by atoms with Crippen LogP contribution < -0.4 is 14.8 Å². The number of hydrogen-bond donors (Lipinski definition) is 4. The number of carboxylic acids is 3. The lowest BCUT2D eigenvalue weighted by Gasteiger charge is -2.17. The third-order valence-electron chi connectivity index (χ3n) is 5.79. The summed E-state index contributed by atoms with van der Waals surface area (Å²) >= 11 is 0. The van der Waals surface area contributed by atoms with Gasteiger partial charge in [-0.2, -0.15) is 0 Å². The monoisotopic (exact) mass is 559 g/mol. The Morgan fingerprint density at radius 3 is 1.41 bits per heavy atom. The maximum Gasteiger partial charge on any atom is 0.339 e. The van der Waals surface area contributed by atoms with Crippen molar-refractivity contribution >= 4 is 29.5 Å². The maximum atomic E-state index is 13.5. The molecule has 11 heteroatoms. The highest BCUT2D eigenvalue weighted by Gasteiger charge is 2.25. The lowest BCUT2D eigenvalue weighted by atomic mass is 10.0. The van der Waals surface area contributed by atoms with Crippen LogP contribution in [-0.2, 0) is 13.2 Å². The molecule has 41 heavy (non-hydrogen) atoms. The topological polar surface area (TPSA) is 191 Å². The molecule has 6 N–H and O–H groups in total. The van der Waals surface area contributed by atoms with Crippen molar-refractivity contribution in [1.29, 1.82) is 0 Å². The summed E-state index contributed by atoms with van der Waals surface area (Å²) in [7, 11) is 0. The smallest absolute Gasteiger partial charge is 0.339 e. The van der Waals surface area contributed by atoms with Gasteiger partial charge in [-0.1, -0.05) is 66.7 Å². The van der Waals surface area contributed by atoms with Crippen molar-refractivity contribution in [3.63, 3.8) is 0 Å². The molecule has 0 aliphatic heterocycles. The normalized spacial score (nSPS) is 10.1. The fourth-order valence-electron chi connectivity index (χ4n) is 3.84. The summed E-state index contributed by atoms with van der Waals surface area (Å²) in [5.41, 5.74) is -0.301. The first-order valence-electron chi connectivity index (χ1n) is 11.9. The van der Waals surface area contributed by atoms with Crippen LogP contribution in [0.25, 0.3) is 0 Å². The molecule has 210 valence electrons. The van der Waals surface area contributed by atoms with Crippen LogP contribution in [0.15, 0.2) is 91.0 Å². The van der Waals surface area contributed by atoms with Crippen LogP contribution in [0.2, 0.25) is 0 Å². The van der Waals surface area contributed by atoms with Crippen molar-refractivity contribution in [3.8, 4) is 11.5 Å². The molecule has 0 heterocycles. The SMILES string of the molecule is O.O=C(O)c1cc(OCc2ccccc2)c(C(=O)Nc2c(C(=O)O)cccc2C(=O)O)cc1OCc1ccccc1. The summed E-state index contributed by atoms with van der Waals surface area (Å²) in [5, 5.41) is 31.4. The van der Waals surface area contributed by atoms with E-state index >= 15 is 0 Å². The van der Waals surface area contributed by atoms with Gasteiger partial charge in [-0.3, -0.25) is 4.79 Å². The van der Waals surface area contributed by atoms with Gasteiger partial charge in [0, 0.05) is 0 Å². The Morgan fingerprint density at radius 2 is 0.976 bits per heavy atom. The van der Waals surface area contributed by atoms with Crippen molar-refractivity contribution in [1.82, 2.24) is 0 Å². The molecule has 0 atom stereocenters. The van der Waals surface area contributed by atoms with Crippen molar-refractivity contribution in [2.45, 2.75) is 13.2 Å². The van der Waals surface area contributed by atoms with Crippen LogP contribution in [0.1, 0.15) is 52.6 Å². The Balaban J connectivity index is 0.00000462. The van der Waals surface area contributed by atoms with E-state index in [2.05, 4.69) is 5.32 Å². The lowest BCUT2D eigenvalue weighted by molar-refractivity contribution is 0.0679. The van der Waals surface area contributed by atoms with Crippen LogP contribution in [0.5, 0.6) is 11.5 Å². The first-order valence-corrected chi connectivity index (χ1v) is 11.9. The Bertz CT molecular complexity index is 1540. The Labute approximate surface area is 233 Å². The van der Waals surface area contributed by atoms with Gasteiger partial charge in [0.2, 0.25) is 0 Å². The molecule has 0 spiro atoms. The van der Waals surface area contributed by atoms with Gasteiger partial charge < -0.3 is 35.6 Å². The van der Waals surface area contributed by atoms with Crippen LogP contribution in [0, 0.1) is 0 Å². The Morgan fingerprint density at radius 1 is 0.561 bits per heavy atom. The number of carbonyl (C=O) groups is 4. The first-order chi connectivity index (χ1) is 19.2. The average Bonchev–Trinajstić information content (AvgIpc) is 2.95. The molecule has 0 fully saturated rings. The van der Waals surface area contributed by atoms with Gasteiger partial charge in [0.15, 0.2) is 0 Å². The van der Waals surface area contributed by atoms with Crippen LogP contribution in [0.4, 0.5) is 5.69 Å². The summed E-state index contributed by atoms with van der Waals surface area (Å²) in [6.45, 7) is -0.0199. The molecule has 0 aromatic heterocycles. The molecule has 0 unspecified atom stereocenters. The maximum absolute atomic E-state index is 13.5. The second-order valence-corrected chi connectivity index (χ2v) is 8.49. The van der Waals surface area contributed by atoms with Gasteiger partial charge in [0.1, 0.15) is 30.3 Å². The van der Waals surface area contributed by atoms with Crippen molar-refractivity contribution < 1.29 is 49.4 Å². The zero-order valence-corrected chi connectivity index (χ0v) is 21.4. The van der Waals surface area contributed by atoms with Gasteiger partial charge in [-0.15, -0.1) is 0 Å². The fraction of sp³-hybridized carbons (Fsp3) is 0.0667. The van der Waals surface area contributed by atoms with E-state index in [1.807, 2.05) is 12.1 Å². The second kappa shape index (κ2) is 13.4. The molecule has 4 rings (SSSR count). The minimum absolute atomic E-state index is 0. The van der Waals surface area contributed by atoms with E-state index in [1.54, 1.807) is 48.5 Å². The highest BCUT2D eigenvalue weighted by atomic mass is 16.5. The molecule has 0 radical (unpaired) electrons. The summed E-state index contributed by atoms with van der Waals surface area (Å²) in [5.74, 6) is -5.43. The number of para-hydroxylation sites is 1. The number of benzene rings is 4. The molecule has 1 amide bonds. The molecule has 11 nitrogen and oxygen atoms in total. The molecule has 0 saturated carbocycles. The zero-order valence-electron chi connectivity index (χ0n) is 21.4. The number of hydrogen-bond acceptors (Lipinski definition) is 6. The number of aromatic carboxylic acids is 3. The second-order valence-electron chi connectivity index (χ2n) is 8.49. The summed E-state index contributed by atoms with van der Waals surface area (Å²) < 4.78 is 11.6. The summed E-state index contributed by atoms with van der Waals surface area (Å²) in [6.07, 6.45) is 0. The number of rotatable bonds is 11. The third kappa shape index (κ3) is 7.25. The Hall–Kier alpha value is -5.68. The van der Waals surface area contributed by atoms with Crippen molar-refractivity contribution in [2.75, 3.05) is 5.32 Å². The number of carbonyl (C=O) groups excluding carboxylic acids is 1. The predicted octanol–water partition coefficient (Wildman–Crippen LogP) is 4.37. The predicted molar refractivity (Wildman–Crippen MR) is 147 cm³/mol. The van der Waals surface area contributed by atoms with Crippen LogP contribution in [-0.4, -0.2) is 44.6 Å². The standard InChI is InChI=1S/C30H23NO9.H2O/c32-27(31-26-20(28(33)34)12-7-13-21(26)29(35)36)22-14-25(40-17-19-10-5-2-6-11-19)23(30(37)38)15-24(22)39-16-18-8-3-1-4-9-18;/h1-15H,16-17H2,(H,31,32)(H,33,34)(H,35,36)(H,37,38);1H2. The number of nitrogens with one attached hydrogen (secondary N) is 1. The van der Waals surface area contributed by atoms with E-state index in [0.717, 1.165) is 29.3 Å². The largest absolute Gasteiger partial charge is 0.488 e. The fourth-order valence-corrected chi connectivity index (χ4v) is 3.84. The first kappa shape index (κ1) is 29.9. The van der Waals surface area contributed by atoms with Gasteiger partial charge in [-0.25, -0.2) is 14.4 Å². The van der Waals surface area contributed by atoms with Crippen LogP contribution in [0.3, 0.4) is 0 Å². The van der Waals surface area contributed by atoms with Crippen molar-refractivity contribution in [2.24, 2.45) is 0 Å². The Kier molecular flexibility index (Phi) is 9.76. The van der Waals surface area contributed by atoms with Crippen molar-refractivity contribution in [3.05, 3.63) is 124 Å².